The van der Waals surface area contributed by atoms with Gasteiger partial charge in [-0.3, -0.25) is 4.72 Å². The third-order valence-corrected chi connectivity index (χ3v) is 4.79. The van der Waals surface area contributed by atoms with Crippen molar-refractivity contribution in [1.82, 2.24) is 4.31 Å². The number of hydrogen-bond acceptors (Lipinski definition) is 4. The number of hydrogen-bond donors (Lipinski definition) is 2. The predicted molar refractivity (Wildman–Crippen MR) is 86.7 cm³/mol. The second kappa shape index (κ2) is 7.06. The lowest BCUT2D eigenvalue weighted by Crippen LogP contribution is -2.39. The molecule has 8 heteroatoms. The van der Waals surface area contributed by atoms with Crippen molar-refractivity contribution < 1.29 is 13.2 Å². The number of nitrogens with two attached hydrogens (primary N) is 1. The average molecular weight is 329 g/mol. The summed E-state index contributed by atoms with van der Waals surface area (Å²) in [5.41, 5.74) is 5.78. The Hall–Kier alpha value is -1.38. The zero-order chi connectivity index (χ0) is 15.3. The van der Waals surface area contributed by atoms with Crippen LogP contribution in [-0.2, 0) is 10.2 Å². The topological polar surface area (TPSA) is 84.7 Å². The van der Waals surface area contributed by atoms with Crippen molar-refractivity contribution in [3.63, 3.8) is 0 Å². The van der Waals surface area contributed by atoms with E-state index in [1.54, 1.807) is 24.3 Å². The van der Waals surface area contributed by atoms with E-state index < -0.39 is 10.2 Å². The smallest absolute Gasteiger partial charge is 0.301 e. The summed E-state index contributed by atoms with van der Waals surface area (Å²) in [5.74, 6) is 0.408. The number of piperidine rings is 1. The Kier molecular flexibility index (Phi) is 5.38. The molecule has 21 heavy (non-hydrogen) atoms. The molecule has 0 unspecified atom stereocenters. The van der Waals surface area contributed by atoms with Crippen molar-refractivity contribution in [3.05, 3.63) is 24.3 Å². The first-order chi connectivity index (χ1) is 9.99. The number of thiocarbonyl (C=S) groups is 1. The van der Waals surface area contributed by atoms with E-state index in [9.17, 15) is 8.42 Å². The summed E-state index contributed by atoms with van der Waals surface area (Å²) in [6, 6.07) is 6.82. The van der Waals surface area contributed by atoms with Crippen LogP contribution in [0.3, 0.4) is 0 Å². The molecule has 1 aromatic carbocycles. The van der Waals surface area contributed by atoms with Gasteiger partial charge in [0.25, 0.3) is 0 Å². The SMILES string of the molecule is NC(=S)COc1ccccc1NS(=O)(=O)N1CCCCC1. The Morgan fingerprint density at radius 1 is 1.29 bits per heavy atom. The van der Waals surface area contributed by atoms with E-state index in [2.05, 4.69) is 4.72 Å². The molecule has 0 amide bonds. The molecule has 0 atom stereocenters. The highest BCUT2D eigenvalue weighted by Gasteiger charge is 2.24. The highest BCUT2D eigenvalue weighted by Crippen LogP contribution is 2.26. The Morgan fingerprint density at radius 3 is 2.62 bits per heavy atom. The molecule has 1 aliphatic rings. The quantitative estimate of drug-likeness (QED) is 0.773. The van der Waals surface area contributed by atoms with Crippen LogP contribution in [0.15, 0.2) is 24.3 Å². The van der Waals surface area contributed by atoms with Crippen LogP contribution in [0.25, 0.3) is 0 Å². The molecular formula is C13H19N3O3S2. The minimum Gasteiger partial charge on any atom is -0.484 e. The highest BCUT2D eigenvalue weighted by atomic mass is 32.2. The van der Waals surface area contributed by atoms with Gasteiger partial charge >= 0.3 is 10.2 Å². The maximum absolute atomic E-state index is 12.4. The largest absolute Gasteiger partial charge is 0.484 e. The van der Waals surface area contributed by atoms with Gasteiger partial charge in [0.1, 0.15) is 17.3 Å². The van der Waals surface area contributed by atoms with Gasteiger partial charge in [0.15, 0.2) is 0 Å². The van der Waals surface area contributed by atoms with Gasteiger partial charge in [0.2, 0.25) is 0 Å². The van der Waals surface area contributed by atoms with E-state index in [-0.39, 0.29) is 11.6 Å². The fourth-order valence-electron chi connectivity index (χ4n) is 2.13. The minimum absolute atomic E-state index is 0.0673. The molecule has 1 heterocycles. The molecule has 0 aliphatic carbocycles. The summed E-state index contributed by atoms with van der Waals surface area (Å²) in [6.07, 6.45) is 2.85. The molecular weight excluding hydrogens is 310 g/mol. The Morgan fingerprint density at radius 2 is 1.95 bits per heavy atom. The monoisotopic (exact) mass is 329 g/mol. The van der Waals surface area contributed by atoms with Gasteiger partial charge in [-0.1, -0.05) is 30.8 Å². The number of nitrogens with one attached hydrogen (secondary N) is 1. The first-order valence-corrected chi connectivity index (χ1v) is 8.62. The molecule has 1 saturated heterocycles. The van der Waals surface area contributed by atoms with Gasteiger partial charge in [0.05, 0.1) is 5.69 Å². The molecule has 6 nitrogen and oxygen atoms in total. The maximum Gasteiger partial charge on any atom is 0.301 e. The highest BCUT2D eigenvalue weighted by molar-refractivity contribution is 7.90. The van der Waals surface area contributed by atoms with E-state index in [1.165, 1.54) is 4.31 Å². The molecule has 116 valence electrons. The molecule has 1 fully saturated rings. The average Bonchev–Trinajstić information content (AvgIpc) is 2.47. The number of para-hydroxylation sites is 2. The molecule has 0 radical (unpaired) electrons. The lowest BCUT2D eigenvalue weighted by atomic mass is 10.2. The van der Waals surface area contributed by atoms with Gasteiger partial charge < -0.3 is 10.5 Å². The number of ether oxygens (including phenoxy) is 1. The van der Waals surface area contributed by atoms with Crippen molar-refractivity contribution in [2.24, 2.45) is 5.73 Å². The Bertz CT molecular complexity index is 598. The van der Waals surface area contributed by atoms with E-state index in [0.29, 0.717) is 24.5 Å². The zero-order valence-corrected chi connectivity index (χ0v) is 13.3. The van der Waals surface area contributed by atoms with Gasteiger partial charge in [-0.25, -0.2) is 0 Å². The van der Waals surface area contributed by atoms with Crippen LogP contribution < -0.4 is 15.2 Å². The Labute approximate surface area is 130 Å². The van der Waals surface area contributed by atoms with E-state index in [0.717, 1.165) is 19.3 Å². The van der Waals surface area contributed by atoms with Crippen LogP contribution in [0.2, 0.25) is 0 Å². The Balaban J connectivity index is 2.12. The summed E-state index contributed by atoms with van der Waals surface area (Å²) in [4.78, 5) is 0.212. The van der Waals surface area contributed by atoms with Crippen LogP contribution in [0, 0.1) is 0 Å². The van der Waals surface area contributed by atoms with Crippen molar-refractivity contribution in [3.8, 4) is 5.75 Å². The van der Waals surface area contributed by atoms with Crippen LogP contribution >= 0.6 is 12.2 Å². The maximum atomic E-state index is 12.4. The second-order valence-electron chi connectivity index (χ2n) is 4.82. The number of nitrogens with zero attached hydrogens (tertiary/aromatic N) is 1. The van der Waals surface area contributed by atoms with E-state index >= 15 is 0 Å². The van der Waals surface area contributed by atoms with E-state index in [4.69, 9.17) is 22.7 Å². The first kappa shape index (κ1) is 16.0. The molecule has 0 saturated carbocycles. The zero-order valence-electron chi connectivity index (χ0n) is 11.6. The second-order valence-corrected chi connectivity index (χ2v) is 7.01. The van der Waals surface area contributed by atoms with Gasteiger partial charge in [-0.15, -0.1) is 0 Å². The summed E-state index contributed by atoms with van der Waals surface area (Å²) in [6.45, 7) is 1.16. The minimum atomic E-state index is -3.56. The number of anilines is 1. The number of rotatable bonds is 6. The predicted octanol–water partition coefficient (Wildman–Crippen LogP) is 1.49. The standard InChI is InChI=1S/C13H19N3O3S2/c14-13(20)10-19-12-7-3-2-6-11(12)15-21(17,18)16-8-4-1-5-9-16/h2-3,6-7,15H,1,4-5,8-10H2,(H2,14,20). The molecule has 1 aromatic rings. The van der Waals surface area contributed by atoms with Crippen LogP contribution in [0.5, 0.6) is 5.75 Å². The van der Waals surface area contributed by atoms with Crippen molar-refractivity contribution in [2.75, 3.05) is 24.4 Å². The van der Waals surface area contributed by atoms with Gasteiger partial charge in [-0.2, -0.15) is 12.7 Å². The lowest BCUT2D eigenvalue weighted by molar-refractivity contribution is 0.348. The molecule has 1 aliphatic heterocycles. The van der Waals surface area contributed by atoms with Crippen molar-refractivity contribution in [2.45, 2.75) is 19.3 Å². The van der Waals surface area contributed by atoms with Gasteiger partial charge in [0, 0.05) is 13.1 Å². The first-order valence-electron chi connectivity index (χ1n) is 6.77. The molecule has 0 aromatic heterocycles. The van der Waals surface area contributed by atoms with E-state index in [1.807, 2.05) is 0 Å². The normalized spacial score (nSPS) is 16.4. The van der Waals surface area contributed by atoms with Crippen LogP contribution in [-0.4, -0.2) is 37.4 Å². The van der Waals surface area contributed by atoms with Gasteiger partial charge in [-0.05, 0) is 25.0 Å². The fourth-order valence-corrected chi connectivity index (χ4v) is 3.51. The molecule has 3 N–H and O–H groups in total. The number of benzene rings is 1. The molecule has 0 bridgehead atoms. The van der Waals surface area contributed by atoms with Crippen molar-refractivity contribution in [1.29, 1.82) is 0 Å². The summed E-state index contributed by atoms with van der Waals surface area (Å²) in [5, 5.41) is 0. The van der Waals surface area contributed by atoms with Crippen molar-refractivity contribution >= 4 is 33.1 Å². The molecule has 0 spiro atoms. The summed E-state index contributed by atoms with van der Waals surface area (Å²) in [7, 11) is -3.56. The van der Waals surface area contributed by atoms with Crippen LogP contribution in [0.4, 0.5) is 5.69 Å². The summed E-state index contributed by atoms with van der Waals surface area (Å²) >= 11 is 4.76. The lowest BCUT2D eigenvalue weighted by Gasteiger charge is -2.26. The summed E-state index contributed by atoms with van der Waals surface area (Å²) < 4.78 is 34.2. The van der Waals surface area contributed by atoms with Crippen LogP contribution in [0.1, 0.15) is 19.3 Å². The fraction of sp³-hybridized carbons (Fsp3) is 0.462. The third-order valence-electron chi connectivity index (χ3n) is 3.15. The third kappa shape index (κ3) is 4.55. The molecule has 2 rings (SSSR count).